The van der Waals surface area contributed by atoms with E-state index >= 15 is 0 Å². The van der Waals surface area contributed by atoms with Crippen molar-refractivity contribution in [2.24, 2.45) is 0 Å². The zero-order valence-corrected chi connectivity index (χ0v) is 8.53. The van der Waals surface area contributed by atoms with Crippen LogP contribution in [0.2, 0.25) is 0 Å². The van der Waals surface area contributed by atoms with Crippen LogP contribution in [0.4, 0.5) is 0 Å². The molecule has 1 heterocycles. The lowest BCUT2D eigenvalue weighted by Gasteiger charge is -1.97. The van der Waals surface area contributed by atoms with Crippen LogP contribution in [-0.2, 0) is 12.8 Å². The Balaban J connectivity index is 3.44. The average molecular weight is 212 g/mol. The van der Waals surface area contributed by atoms with E-state index in [4.69, 9.17) is 14.6 Å². The predicted octanol–water partition coefficient (Wildman–Crippen LogP) is 1.80. The maximum absolute atomic E-state index is 10.8. The van der Waals surface area contributed by atoms with Crippen molar-refractivity contribution in [3.05, 3.63) is 22.6 Å². The molecule has 0 aliphatic rings. The first kappa shape index (κ1) is 11.3. The lowest BCUT2D eigenvalue weighted by Crippen LogP contribution is -2.00. The third kappa shape index (κ3) is 1.86. The van der Waals surface area contributed by atoms with Gasteiger partial charge in [-0.3, -0.25) is 0 Å². The fourth-order valence-electron chi connectivity index (χ4n) is 1.59. The van der Waals surface area contributed by atoms with Crippen LogP contribution in [0.15, 0.2) is 4.42 Å². The molecule has 0 aliphatic heterocycles. The standard InChI is InChI=1S/C10H12O5/c1-3-5-6(4-2)8(10(13)14)15-7(5)9(11)12/h3-4H2,1-2H3,(H,11,12)(H,13,14). The normalized spacial score (nSPS) is 10.3. The second-order valence-electron chi connectivity index (χ2n) is 3.03. The second-order valence-corrected chi connectivity index (χ2v) is 3.03. The lowest BCUT2D eigenvalue weighted by molar-refractivity contribution is 0.0630. The van der Waals surface area contributed by atoms with Crippen molar-refractivity contribution >= 4 is 11.9 Å². The van der Waals surface area contributed by atoms with Crippen LogP contribution in [0.3, 0.4) is 0 Å². The third-order valence-electron chi connectivity index (χ3n) is 2.21. The second kappa shape index (κ2) is 4.16. The van der Waals surface area contributed by atoms with Crippen LogP contribution >= 0.6 is 0 Å². The Bertz CT molecular complexity index is 366. The Morgan fingerprint density at radius 3 is 1.53 bits per heavy atom. The molecule has 0 saturated carbocycles. The van der Waals surface area contributed by atoms with Gasteiger partial charge in [-0.05, 0) is 12.8 Å². The molecule has 0 spiro atoms. The Morgan fingerprint density at radius 2 is 1.33 bits per heavy atom. The van der Waals surface area contributed by atoms with Gasteiger partial charge < -0.3 is 14.6 Å². The van der Waals surface area contributed by atoms with Gasteiger partial charge in [-0.15, -0.1) is 0 Å². The Kier molecular flexibility index (Phi) is 3.14. The quantitative estimate of drug-likeness (QED) is 0.794. The monoisotopic (exact) mass is 212 g/mol. The summed E-state index contributed by atoms with van der Waals surface area (Å²) < 4.78 is 4.85. The van der Waals surface area contributed by atoms with Crippen LogP contribution in [-0.4, -0.2) is 22.2 Å². The SMILES string of the molecule is CCc1c(C(=O)O)oc(C(=O)O)c1CC. The van der Waals surface area contributed by atoms with Gasteiger partial charge in [0.15, 0.2) is 0 Å². The number of furan rings is 1. The first-order valence-electron chi connectivity index (χ1n) is 4.64. The number of carbonyl (C=O) groups is 2. The zero-order valence-electron chi connectivity index (χ0n) is 8.53. The minimum Gasteiger partial charge on any atom is -0.475 e. The average Bonchev–Trinajstić information content (AvgIpc) is 2.55. The van der Waals surface area contributed by atoms with E-state index in [1.165, 1.54) is 0 Å². The summed E-state index contributed by atoms with van der Waals surface area (Å²) in [5.41, 5.74) is 0.949. The van der Waals surface area contributed by atoms with Crippen LogP contribution in [0, 0.1) is 0 Å². The molecular formula is C10H12O5. The molecule has 1 aromatic heterocycles. The largest absolute Gasteiger partial charge is 0.475 e. The first-order chi connectivity index (χ1) is 7.02. The highest BCUT2D eigenvalue weighted by atomic mass is 16.4. The molecule has 15 heavy (non-hydrogen) atoms. The van der Waals surface area contributed by atoms with Gasteiger partial charge in [0.2, 0.25) is 11.5 Å². The first-order valence-corrected chi connectivity index (χ1v) is 4.64. The van der Waals surface area contributed by atoms with Gasteiger partial charge in [0, 0.05) is 11.1 Å². The van der Waals surface area contributed by atoms with Crippen LogP contribution in [0.1, 0.15) is 46.1 Å². The van der Waals surface area contributed by atoms with Crippen LogP contribution in [0.25, 0.3) is 0 Å². The number of carboxylic acid groups (broad SMARTS) is 2. The van der Waals surface area contributed by atoms with Crippen molar-refractivity contribution in [2.45, 2.75) is 26.7 Å². The van der Waals surface area contributed by atoms with Crippen molar-refractivity contribution in [2.75, 3.05) is 0 Å². The molecule has 0 aromatic carbocycles. The highest BCUT2D eigenvalue weighted by Gasteiger charge is 2.25. The number of carboxylic acids is 2. The lowest BCUT2D eigenvalue weighted by atomic mass is 10.0. The molecule has 0 fully saturated rings. The minimum absolute atomic E-state index is 0.258. The Labute approximate surface area is 86.3 Å². The van der Waals surface area contributed by atoms with Gasteiger partial charge in [-0.1, -0.05) is 13.8 Å². The van der Waals surface area contributed by atoms with Gasteiger partial charge in [0.1, 0.15) is 0 Å². The summed E-state index contributed by atoms with van der Waals surface area (Å²) >= 11 is 0. The van der Waals surface area contributed by atoms with E-state index in [9.17, 15) is 9.59 Å². The molecule has 82 valence electrons. The smallest absolute Gasteiger partial charge is 0.372 e. The summed E-state index contributed by atoms with van der Waals surface area (Å²) in [6, 6.07) is 0. The molecule has 0 unspecified atom stereocenters. The summed E-state index contributed by atoms with van der Waals surface area (Å²) in [5, 5.41) is 17.7. The highest BCUT2D eigenvalue weighted by Crippen LogP contribution is 2.24. The van der Waals surface area contributed by atoms with Gasteiger partial charge in [-0.25, -0.2) is 9.59 Å². The summed E-state index contributed by atoms with van der Waals surface area (Å²) in [4.78, 5) is 21.6. The van der Waals surface area contributed by atoms with Crippen LogP contribution < -0.4 is 0 Å². The van der Waals surface area contributed by atoms with Crippen molar-refractivity contribution < 1.29 is 24.2 Å². The number of aromatic carboxylic acids is 2. The fraction of sp³-hybridized carbons (Fsp3) is 0.400. The van der Waals surface area contributed by atoms with E-state index in [1.54, 1.807) is 13.8 Å². The van der Waals surface area contributed by atoms with E-state index in [0.29, 0.717) is 24.0 Å². The summed E-state index contributed by atoms with van der Waals surface area (Å²) in [6.07, 6.45) is 0.892. The van der Waals surface area contributed by atoms with Crippen molar-refractivity contribution in [3.8, 4) is 0 Å². The highest BCUT2D eigenvalue weighted by molar-refractivity contribution is 5.92. The molecule has 0 aliphatic carbocycles. The minimum atomic E-state index is -1.23. The molecule has 0 radical (unpaired) electrons. The van der Waals surface area contributed by atoms with Crippen molar-refractivity contribution in [1.29, 1.82) is 0 Å². The van der Waals surface area contributed by atoms with Gasteiger partial charge in [0.25, 0.3) is 0 Å². The summed E-state index contributed by atoms with van der Waals surface area (Å²) in [7, 11) is 0. The Hall–Kier alpha value is -1.78. The molecule has 2 N–H and O–H groups in total. The molecule has 5 nitrogen and oxygen atoms in total. The van der Waals surface area contributed by atoms with Crippen molar-refractivity contribution in [3.63, 3.8) is 0 Å². The van der Waals surface area contributed by atoms with Gasteiger partial charge in [0.05, 0.1) is 0 Å². The van der Waals surface area contributed by atoms with E-state index in [2.05, 4.69) is 0 Å². The molecule has 0 atom stereocenters. The van der Waals surface area contributed by atoms with E-state index in [1.807, 2.05) is 0 Å². The molecule has 0 amide bonds. The van der Waals surface area contributed by atoms with Crippen molar-refractivity contribution in [1.82, 2.24) is 0 Å². The zero-order chi connectivity index (χ0) is 11.6. The predicted molar refractivity (Wildman–Crippen MR) is 51.4 cm³/mol. The molecular weight excluding hydrogens is 200 g/mol. The van der Waals surface area contributed by atoms with E-state index in [-0.39, 0.29) is 11.5 Å². The molecule has 1 rings (SSSR count). The van der Waals surface area contributed by atoms with Gasteiger partial charge in [-0.2, -0.15) is 0 Å². The van der Waals surface area contributed by atoms with E-state index < -0.39 is 11.9 Å². The fourth-order valence-corrected chi connectivity index (χ4v) is 1.59. The molecule has 0 bridgehead atoms. The maximum atomic E-state index is 10.8. The molecule has 5 heteroatoms. The Morgan fingerprint density at radius 1 is 1.00 bits per heavy atom. The number of hydrogen-bond acceptors (Lipinski definition) is 3. The summed E-state index contributed by atoms with van der Waals surface area (Å²) in [5.74, 6) is -2.97. The maximum Gasteiger partial charge on any atom is 0.372 e. The van der Waals surface area contributed by atoms with E-state index in [0.717, 1.165) is 0 Å². The topological polar surface area (TPSA) is 87.7 Å². The number of rotatable bonds is 4. The van der Waals surface area contributed by atoms with Gasteiger partial charge >= 0.3 is 11.9 Å². The number of hydrogen-bond donors (Lipinski definition) is 2. The third-order valence-corrected chi connectivity index (χ3v) is 2.21. The summed E-state index contributed by atoms with van der Waals surface area (Å²) in [6.45, 7) is 3.53. The molecule has 0 saturated heterocycles. The van der Waals surface area contributed by atoms with Crippen LogP contribution in [0.5, 0.6) is 0 Å². The molecule has 1 aromatic rings.